The summed E-state index contributed by atoms with van der Waals surface area (Å²) in [5.74, 6) is 0. The van der Waals surface area contributed by atoms with Crippen molar-refractivity contribution in [2.75, 3.05) is 19.7 Å². The van der Waals surface area contributed by atoms with Crippen molar-refractivity contribution in [3.63, 3.8) is 0 Å². The minimum Gasteiger partial charge on any atom is -0.449 e. The third kappa shape index (κ3) is 9.86. The van der Waals surface area contributed by atoms with E-state index in [9.17, 15) is 4.79 Å². The Morgan fingerprint density at radius 1 is 0.955 bits per heavy atom. The summed E-state index contributed by atoms with van der Waals surface area (Å²) in [7, 11) is 0. The van der Waals surface area contributed by atoms with Gasteiger partial charge in [-0.15, -0.1) is 0 Å². The number of cyclic esters (lactones) is 1. The standard InChI is InChI=1S/C19H35NO2/c1-2-3-4-5-6-7-8-9-10-11-12-13-16-20-17-14-15-18-22-19(20)21/h5-6H,2-4,7-18H2,1H3/b6-5-. The van der Waals surface area contributed by atoms with Crippen molar-refractivity contribution in [2.24, 2.45) is 0 Å². The number of rotatable bonds is 12. The average Bonchev–Trinajstić information content (AvgIpc) is 2.73. The molecule has 3 heteroatoms. The second kappa shape index (κ2) is 13.7. The minimum absolute atomic E-state index is 0.104. The fraction of sp³-hybridized carbons (Fsp3) is 0.842. The van der Waals surface area contributed by atoms with E-state index in [-0.39, 0.29) is 6.09 Å². The first kappa shape index (κ1) is 19.1. The molecule has 1 aliphatic heterocycles. The predicted octanol–water partition coefficient (Wildman–Crippen LogP) is 5.70. The molecule has 1 saturated heterocycles. The van der Waals surface area contributed by atoms with E-state index in [2.05, 4.69) is 19.1 Å². The van der Waals surface area contributed by atoms with Gasteiger partial charge in [-0.25, -0.2) is 4.79 Å². The zero-order valence-electron chi connectivity index (χ0n) is 14.5. The summed E-state index contributed by atoms with van der Waals surface area (Å²) in [6, 6.07) is 0. The predicted molar refractivity (Wildman–Crippen MR) is 93.1 cm³/mol. The van der Waals surface area contributed by atoms with E-state index in [1.165, 1.54) is 57.8 Å². The highest BCUT2D eigenvalue weighted by Gasteiger charge is 2.16. The minimum atomic E-state index is -0.104. The summed E-state index contributed by atoms with van der Waals surface area (Å²) in [6.07, 6.45) is 19.4. The third-order valence-corrected chi connectivity index (χ3v) is 4.25. The van der Waals surface area contributed by atoms with Crippen molar-refractivity contribution in [2.45, 2.75) is 84.0 Å². The van der Waals surface area contributed by atoms with Crippen LogP contribution < -0.4 is 0 Å². The van der Waals surface area contributed by atoms with Gasteiger partial charge in [0.25, 0.3) is 0 Å². The van der Waals surface area contributed by atoms with Gasteiger partial charge in [0.15, 0.2) is 0 Å². The molecule has 0 aliphatic carbocycles. The Hall–Kier alpha value is -0.990. The van der Waals surface area contributed by atoms with Crippen molar-refractivity contribution in [1.29, 1.82) is 0 Å². The lowest BCUT2D eigenvalue weighted by Gasteiger charge is -2.18. The van der Waals surface area contributed by atoms with Crippen molar-refractivity contribution in [1.82, 2.24) is 4.90 Å². The van der Waals surface area contributed by atoms with Gasteiger partial charge in [0.2, 0.25) is 0 Å². The molecule has 0 aromatic heterocycles. The van der Waals surface area contributed by atoms with E-state index in [0.717, 1.165) is 32.4 Å². The van der Waals surface area contributed by atoms with Crippen LogP contribution in [0, 0.1) is 0 Å². The van der Waals surface area contributed by atoms with Gasteiger partial charge in [-0.3, -0.25) is 0 Å². The Balaban J connectivity index is 1.87. The molecule has 1 amide bonds. The zero-order valence-corrected chi connectivity index (χ0v) is 14.5. The van der Waals surface area contributed by atoms with E-state index in [1.807, 2.05) is 4.90 Å². The maximum absolute atomic E-state index is 11.6. The van der Waals surface area contributed by atoms with E-state index >= 15 is 0 Å². The first-order valence-corrected chi connectivity index (χ1v) is 9.41. The SMILES string of the molecule is CCCC/C=C\CCCCCCCCN1CCCCOC1=O. The van der Waals surface area contributed by atoms with Crippen LogP contribution in [0.4, 0.5) is 4.79 Å². The molecule has 1 aliphatic rings. The summed E-state index contributed by atoms with van der Waals surface area (Å²) in [5.41, 5.74) is 0. The maximum Gasteiger partial charge on any atom is 0.409 e. The number of nitrogens with zero attached hydrogens (tertiary/aromatic N) is 1. The van der Waals surface area contributed by atoms with Crippen molar-refractivity contribution < 1.29 is 9.53 Å². The van der Waals surface area contributed by atoms with Gasteiger partial charge in [0, 0.05) is 13.1 Å². The van der Waals surface area contributed by atoms with E-state index in [1.54, 1.807) is 0 Å². The van der Waals surface area contributed by atoms with Gasteiger partial charge in [0.05, 0.1) is 6.61 Å². The second-order valence-corrected chi connectivity index (χ2v) is 6.33. The molecule has 0 aromatic rings. The average molecular weight is 309 g/mol. The van der Waals surface area contributed by atoms with Crippen molar-refractivity contribution in [3.8, 4) is 0 Å². The number of carbonyl (C=O) groups excluding carboxylic acids is 1. The van der Waals surface area contributed by atoms with Crippen LogP contribution in [0.1, 0.15) is 84.0 Å². The highest BCUT2D eigenvalue weighted by Crippen LogP contribution is 2.11. The summed E-state index contributed by atoms with van der Waals surface area (Å²) >= 11 is 0. The van der Waals surface area contributed by atoms with Crippen molar-refractivity contribution in [3.05, 3.63) is 12.2 Å². The normalized spacial score (nSPS) is 16.0. The molecular weight excluding hydrogens is 274 g/mol. The molecule has 1 fully saturated rings. The van der Waals surface area contributed by atoms with Crippen LogP contribution in [0.3, 0.4) is 0 Å². The number of amides is 1. The zero-order chi connectivity index (χ0) is 15.9. The molecule has 0 radical (unpaired) electrons. The van der Waals surface area contributed by atoms with Gasteiger partial charge in [-0.1, -0.05) is 57.6 Å². The Morgan fingerprint density at radius 3 is 2.41 bits per heavy atom. The molecule has 1 heterocycles. The molecular formula is C19H35NO2. The number of ether oxygens (including phenoxy) is 1. The number of carbonyl (C=O) groups is 1. The molecule has 128 valence electrons. The molecule has 3 nitrogen and oxygen atoms in total. The Morgan fingerprint density at radius 2 is 1.64 bits per heavy atom. The maximum atomic E-state index is 11.6. The summed E-state index contributed by atoms with van der Waals surface area (Å²) in [5, 5.41) is 0. The van der Waals surface area contributed by atoms with Gasteiger partial charge >= 0.3 is 6.09 Å². The lowest BCUT2D eigenvalue weighted by molar-refractivity contribution is 0.115. The molecule has 0 saturated carbocycles. The first-order chi connectivity index (χ1) is 10.8. The molecule has 0 atom stereocenters. The van der Waals surface area contributed by atoms with Gasteiger partial charge in [0.1, 0.15) is 0 Å². The molecule has 22 heavy (non-hydrogen) atoms. The molecule has 0 aromatic carbocycles. The number of hydrogen-bond donors (Lipinski definition) is 0. The van der Waals surface area contributed by atoms with E-state index in [4.69, 9.17) is 4.74 Å². The number of allylic oxidation sites excluding steroid dienone is 2. The molecule has 0 bridgehead atoms. The second-order valence-electron chi connectivity index (χ2n) is 6.33. The fourth-order valence-electron chi connectivity index (χ4n) is 2.78. The van der Waals surface area contributed by atoms with E-state index in [0.29, 0.717) is 6.61 Å². The molecule has 0 spiro atoms. The fourth-order valence-corrected chi connectivity index (χ4v) is 2.78. The largest absolute Gasteiger partial charge is 0.449 e. The third-order valence-electron chi connectivity index (χ3n) is 4.25. The quantitative estimate of drug-likeness (QED) is 0.342. The lowest BCUT2D eigenvalue weighted by atomic mass is 10.1. The molecule has 1 rings (SSSR count). The Labute approximate surface area is 137 Å². The molecule has 0 unspecified atom stereocenters. The smallest absolute Gasteiger partial charge is 0.409 e. The number of unbranched alkanes of at least 4 members (excludes halogenated alkanes) is 8. The van der Waals surface area contributed by atoms with Crippen LogP contribution in [0.2, 0.25) is 0 Å². The Bertz CT molecular complexity index is 302. The van der Waals surface area contributed by atoms with Crippen LogP contribution in [-0.2, 0) is 4.74 Å². The van der Waals surface area contributed by atoms with Crippen LogP contribution >= 0.6 is 0 Å². The van der Waals surface area contributed by atoms with Gasteiger partial charge in [-0.05, 0) is 38.5 Å². The Kier molecular flexibility index (Phi) is 11.8. The van der Waals surface area contributed by atoms with Gasteiger partial charge < -0.3 is 9.64 Å². The number of hydrogen-bond acceptors (Lipinski definition) is 2. The molecule has 0 N–H and O–H groups in total. The monoisotopic (exact) mass is 309 g/mol. The van der Waals surface area contributed by atoms with Crippen LogP contribution in [0.15, 0.2) is 12.2 Å². The van der Waals surface area contributed by atoms with Crippen LogP contribution in [0.25, 0.3) is 0 Å². The summed E-state index contributed by atoms with van der Waals surface area (Å²) < 4.78 is 5.15. The summed E-state index contributed by atoms with van der Waals surface area (Å²) in [6.45, 7) is 4.59. The van der Waals surface area contributed by atoms with E-state index < -0.39 is 0 Å². The topological polar surface area (TPSA) is 29.5 Å². The van der Waals surface area contributed by atoms with Crippen molar-refractivity contribution >= 4 is 6.09 Å². The van der Waals surface area contributed by atoms with Crippen LogP contribution in [0.5, 0.6) is 0 Å². The first-order valence-electron chi connectivity index (χ1n) is 9.41. The van der Waals surface area contributed by atoms with Crippen LogP contribution in [-0.4, -0.2) is 30.7 Å². The highest BCUT2D eigenvalue weighted by molar-refractivity contribution is 5.67. The lowest BCUT2D eigenvalue weighted by Crippen LogP contribution is -2.31. The van der Waals surface area contributed by atoms with Gasteiger partial charge in [-0.2, -0.15) is 0 Å². The summed E-state index contributed by atoms with van der Waals surface area (Å²) in [4.78, 5) is 13.5. The highest BCUT2D eigenvalue weighted by atomic mass is 16.6.